The van der Waals surface area contributed by atoms with E-state index in [2.05, 4.69) is 0 Å². The van der Waals surface area contributed by atoms with Crippen molar-refractivity contribution in [2.75, 3.05) is 0 Å². The molecule has 0 aliphatic heterocycles. The first-order chi connectivity index (χ1) is 24.1. The fourth-order valence-electron chi connectivity index (χ4n) is 7.17. The minimum absolute atomic E-state index is 0.0445. The molecule has 0 aliphatic carbocycles. The molecular formula is C40H32O8P2. The van der Waals surface area contributed by atoms with Gasteiger partial charge in [-0.1, -0.05) is 0 Å². The summed E-state index contributed by atoms with van der Waals surface area (Å²) in [4.78, 5) is 49.4. The SMILES string of the molecule is O=C(O)c1ccc([PH](c2ccccc2)(c2ccc(C(=O)O)cc2)[PH](c2ccccc2)(c2cccc(C(=O)O)c2)c2cccc(C(=O)O)c2)cc1. The van der Waals surface area contributed by atoms with E-state index in [1.54, 1.807) is 72.8 Å². The fraction of sp³-hybridized carbons (Fsp3) is 0. The van der Waals surface area contributed by atoms with E-state index in [1.807, 2.05) is 72.8 Å². The van der Waals surface area contributed by atoms with Gasteiger partial charge in [0.25, 0.3) is 0 Å². The third-order valence-electron chi connectivity index (χ3n) is 9.19. The molecule has 0 saturated heterocycles. The normalized spacial score (nSPS) is 12.1. The van der Waals surface area contributed by atoms with E-state index in [-0.39, 0.29) is 22.3 Å². The number of hydrogen-bond acceptors (Lipinski definition) is 4. The van der Waals surface area contributed by atoms with Crippen LogP contribution in [-0.4, -0.2) is 44.3 Å². The van der Waals surface area contributed by atoms with Gasteiger partial charge in [0.2, 0.25) is 0 Å². The first-order valence-electron chi connectivity index (χ1n) is 15.6. The molecule has 0 unspecified atom stereocenters. The van der Waals surface area contributed by atoms with E-state index >= 15 is 0 Å². The molecule has 0 aromatic heterocycles. The summed E-state index contributed by atoms with van der Waals surface area (Å²) in [5.41, 5.74) is 0.226. The molecule has 250 valence electrons. The number of benzene rings is 6. The van der Waals surface area contributed by atoms with Gasteiger partial charge < -0.3 is 0 Å². The van der Waals surface area contributed by atoms with Crippen molar-refractivity contribution in [3.63, 3.8) is 0 Å². The topological polar surface area (TPSA) is 149 Å². The predicted molar refractivity (Wildman–Crippen MR) is 201 cm³/mol. The number of rotatable bonds is 11. The van der Waals surface area contributed by atoms with Gasteiger partial charge in [-0.25, -0.2) is 0 Å². The van der Waals surface area contributed by atoms with Crippen LogP contribution in [0.3, 0.4) is 0 Å². The van der Waals surface area contributed by atoms with Crippen molar-refractivity contribution >= 4 is 69.6 Å². The number of aromatic carboxylic acids is 4. The van der Waals surface area contributed by atoms with Crippen LogP contribution in [0.15, 0.2) is 158 Å². The van der Waals surface area contributed by atoms with E-state index in [9.17, 15) is 39.6 Å². The van der Waals surface area contributed by atoms with Gasteiger partial charge in [0.05, 0.1) is 0 Å². The molecule has 0 heterocycles. The van der Waals surface area contributed by atoms with E-state index in [4.69, 9.17) is 0 Å². The standard InChI is InChI=1S/C40H32O8P2/c41-37(42)27-17-21-33(22-18-27)49(31-11-3-1-4-12-31,34-23-19-28(20-24-34)38(43)44)50(32-13-5-2-6-14-32,35-15-7-9-29(25-35)39(45)46)36-16-8-10-30(26-36)40(47)48/h1-26,49-50H,(H,41,42)(H,43,44)(H,45,46)(H,47,48). The summed E-state index contributed by atoms with van der Waals surface area (Å²) in [6.07, 6.45) is 0. The van der Waals surface area contributed by atoms with Crippen LogP contribution in [0.1, 0.15) is 41.4 Å². The van der Waals surface area contributed by atoms with Crippen molar-refractivity contribution in [1.29, 1.82) is 0 Å². The summed E-state index contributed by atoms with van der Waals surface area (Å²) in [5, 5.41) is 45.0. The van der Waals surface area contributed by atoms with E-state index in [1.165, 1.54) is 12.1 Å². The molecule has 4 N–H and O–H groups in total. The van der Waals surface area contributed by atoms with Crippen molar-refractivity contribution in [3.05, 3.63) is 180 Å². The number of carboxylic acid groups (broad SMARTS) is 4. The second-order valence-corrected chi connectivity index (χ2v) is 22.7. The van der Waals surface area contributed by atoms with Gasteiger partial charge in [0, 0.05) is 0 Å². The van der Waals surface area contributed by atoms with Gasteiger partial charge in [-0.2, -0.15) is 0 Å². The Kier molecular flexibility index (Phi) is 9.43. The Labute approximate surface area is 288 Å². The zero-order valence-electron chi connectivity index (χ0n) is 26.4. The van der Waals surface area contributed by atoms with Gasteiger partial charge in [0.1, 0.15) is 0 Å². The van der Waals surface area contributed by atoms with Crippen LogP contribution >= 0.6 is 13.9 Å². The molecule has 0 bridgehead atoms. The maximum atomic E-state index is 12.6. The molecule has 0 spiro atoms. The zero-order valence-corrected chi connectivity index (χ0v) is 28.4. The summed E-state index contributed by atoms with van der Waals surface area (Å²) in [5.74, 6) is -4.48. The first-order valence-corrected chi connectivity index (χ1v) is 20.6. The number of hydrogen-bond donors (Lipinski definition) is 4. The summed E-state index contributed by atoms with van der Waals surface area (Å²) in [7, 11) is 0. The quantitative estimate of drug-likeness (QED) is 0.136. The van der Waals surface area contributed by atoms with Gasteiger partial charge >= 0.3 is 289 Å². The molecule has 6 aromatic rings. The van der Waals surface area contributed by atoms with Crippen molar-refractivity contribution in [2.45, 2.75) is 0 Å². The molecule has 8 nitrogen and oxygen atoms in total. The molecule has 0 fully saturated rings. The molecule has 50 heavy (non-hydrogen) atoms. The molecule has 6 aromatic carbocycles. The van der Waals surface area contributed by atoms with Crippen LogP contribution in [0.2, 0.25) is 0 Å². The molecule has 0 saturated carbocycles. The van der Waals surface area contributed by atoms with Gasteiger partial charge in [0.15, 0.2) is 0 Å². The summed E-state index contributed by atoms with van der Waals surface area (Å²) >= 11 is 0. The number of carboxylic acids is 4. The van der Waals surface area contributed by atoms with Crippen LogP contribution < -0.4 is 31.8 Å². The third-order valence-corrected chi connectivity index (χ3v) is 26.0. The van der Waals surface area contributed by atoms with E-state index in [0.29, 0.717) is 10.6 Å². The third kappa shape index (κ3) is 5.75. The van der Waals surface area contributed by atoms with Gasteiger partial charge in [-0.15, -0.1) is 0 Å². The second-order valence-electron chi connectivity index (χ2n) is 11.8. The monoisotopic (exact) mass is 702 g/mol. The summed E-state index contributed by atoms with van der Waals surface area (Å²) in [6, 6.07) is 46.1. The van der Waals surface area contributed by atoms with Crippen LogP contribution in [0.5, 0.6) is 0 Å². The first kappa shape index (κ1) is 33.9. The summed E-state index contributed by atoms with van der Waals surface area (Å²) in [6.45, 7) is -7.64. The van der Waals surface area contributed by atoms with Crippen LogP contribution in [-0.2, 0) is 0 Å². The Balaban J connectivity index is 1.96. The Morgan fingerprint density at radius 2 is 0.580 bits per heavy atom. The van der Waals surface area contributed by atoms with Crippen LogP contribution in [0.25, 0.3) is 0 Å². The predicted octanol–water partition coefficient (Wildman–Crippen LogP) is 5.15. The van der Waals surface area contributed by atoms with Crippen LogP contribution in [0.4, 0.5) is 0 Å². The molecule has 0 radical (unpaired) electrons. The molecule has 0 aliphatic rings. The van der Waals surface area contributed by atoms with Crippen molar-refractivity contribution in [2.24, 2.45) is 0 Å². The Morgan fingerprint density at radius 1 is 0.300 bits per heavy atom. The maximum absolute atomic E-state index is 12.6. The fourth-order valence-corrected chi connectivity index (χ4v) is 26.7. The molecule has 6 rings (SSSR count). The zero-order chi connectivity index (χ0) is 35.5. The van der Waals surface area contributed by atoms with Gasteiger partial charge in [-0.05, 0) is 0 Å². The minimum atomic E-state index is -3.85. The van der Waals surface area contributed by atoms with Crippen LogP contribution in [0, 0.1) is 0 Å². The van der Waals surface area contributed by atoms with Crippen molar-refractivity contribution < 1.29 is 39.6 Å². The Hall–Kier alpha value is -5.94. The second kappa shape index (κ2) is 13.9. The molecule has 10 heteroatoms. The van der Waals surface area contributed by atoms with E-state index < -0.39 is 37.8 Å². The Morgan fingerprint density at radius 3 is 0.900 bits per heavy atom. The Bertz CT molecular complexity index is 2100. The van der Waals surface area contributed by atoms with Crippen molar-refractivity contribution in [1.82, 2.24) is 0 Å². The summed E-state index contributed by atoms with van der Waals surface area (Å²) < 4.78 is 0. The average Bonchev–Trinajstić information content (AvgIpc) is 3.15. The average molecular weight is 703 g/mol. The molecule has 0 amide bonds. The number of carbonyl (C=O) groups is 4. The van der Waals surface area contributed by atoms with Gasteiger partial charge in [-0.3, -0.25) is 0 Å². The van der Waals surface area contributed by atoms with E-state index in [0.717, 1.165) is 21.2 Å². The molecular weight excluding hydrogens is 670 g/mol. The molecule has 0 atom stereocenters. The van der Waals surface area contributed by atoms with Crippen molar-refractivity contribution in [3.8, 4) is 0 Å².